The fourth-order valence-corrected chi connectivity index (χ4v) is 1.29. The van der Waals surface area contributed by atoms with E-state index in [2.05, 4.69) is 4.98 Å². The smallest absolute Gasteiger partial charge is 0.165 e. The summed E-state index contributed by atoms with van der Waals surface area (Å²) < 4.78 is 0. The van der Waals surface area contributed by atoms with E-state index in [1.165, 1.54) is 12.3 Å². The highest BCUT2D eigenvalue weighted by Gasteiger charge is 2.20. The zero-order valence-electron chi connectivity index (χ0n) is 5.87. The molecular weight excluding hydrogens is 142 g/mol. The Bertz CT molecular complexity index is 320. The third kappa shape index (κ3) is 0.888. The van der Waals surface area contributed by atoms with Gasteiger partial charge in [-0.25, -0.2) is 0 Å². The summed E-state index contributed by atoms with van der Waals surface area (Å²) in [6.45, 7) is 0. The molecule has 56 valence electrons. The van der Waals surface area contributed by atoms with Crippen LogP contribution in [0.1, 0.15) is 22.5 Å². The van der Waals surface area contributed by atoms with Gasteiger partial charge in [0.15, 0.2) is 5.78 Å². The molecule has 1 heterocycles. The van der Waals surface area contributed by atoms with Crippen molar-refractivity contribution in [1.82, 2.24) is 4.98 Å². The number of rotatable bonds is 0. The van der Waals surface area contributed by atoms with E-state index >= 15 is 0 Å². The topological polar surface area (TPSA) is 50.2 Å². The van der Waals surface area contributed by atoms with Crippen LogP contribution in [0.3, 0.4) is 0 Å². The van der Waals surface area contributed by atoms with Crippen molar-refractivity contribution in [1.29, 1.82) is 0 Å². The number of aromatic nitrogens is 1. The van der Waals surface area contributed by atoms with E-state index in [9.17, 15) is 4.79 Å². The van der Waals surface area contributed by atoms with E-state index in [0.29, 0.717) is 18.4 Å². The molecule has 1 aliphatic rings. The average molecular weight is 149 g/mol. The number of carbonyl (C=O) groups excluding carboxylic acids is 1. The number of hydrogen-bond acceptors (Lipinski definition) is 3. The van der Waals surface area contributed by atoms with Gasteiger partial charge in [0.2, 0.25) is 0 Å². The molecule has 2 rings (SSSR count). The second kappa shape index (κ2) is 2.05. The maximum absolute atomic E-state index is 11.1. The zero-order chi connectivity index (χ0) is 7.84. The van der Waals surface area contributed by atoms with E-state index in [1.54, 1.807) is 0 Å². The van der Waals surface area contributed by atoms with Crippen molar-refractivity contribution < 1.29 is 9.90 Å². The standard InChI is InChI=1S/C8H7NO2/c10-5-3-6-7(9-4-5)1-2-8(6)11/h3-4,10H,1-2H2. The third-order valence-corrected chi connectivity index (χ3v) is 1.85. The average Bonchev–Trinajstić information content (AvgIpc) is 2.33. The van der Waals surface area contributed by atoms with Crippen LogP contribution in [0.15, 0.2) is 12.3 Å². The van der Waals surface area contributed by atoms with Crippen LogP contribution in [-0.2, 0) is 6.42 Å². The highest BCUT2D eigenvalue weighted by molar-refractivity contribution is 6.00. The number of aromatic hydroxyl groups is 1. The van der Waals surface area contributed by atoms with E-state index in [-0.39, 0.29) is 11.5 Å². The Hall–Kier alpha value is -1.38. The molecular formula is C8H7NO2. The van der Waals surface area contributed by atoms with E-state index in [1.807, 2.05) is 0 Å². The Kier molecular flexibility index (Phi) is 1.18. The minimum atomic E-state index is 0.0685. The first-order valence-corrected chi connectivity index (χ1v) is 3.48. The molecule has 0 aromatic carbocycles. The van der Waals surface area contributed by atoms with E-state index < -0.39 is 0 Å². The van der Waals surface area contributed by atoms with Crippen LogP contribution < -0.4 is 0 Å². The predicted molar refractivity (Wildman–Crippen MR) is 38.6 cm³/mol. The lowest BCUT2D eigenvalue weighted by atomic mass is 10.2. The van der Waals surface area contributed by atoms with Crippen LogP contribution in [-0.4, -0.2) is 15.9 Å². The number of pyridine rings is 1. The summed E-state index contributed by atoms with van der Waals surface area (Å²) >= 11 is 0. The zero-order valence-corrected chi connectivity index (χ0v) is 5.87. The summed E-state index contributed by atoms with van der Waals surface area (Å²) in [6.07, 6.45) is 2.62. The van der Waals surface area contributed by atoms with Gasteiger partial charge >= 0.3 is 0 Å². The minimum Gasteiger partial charge on any atom is -0.506 e. The van der Waals surface area contributed by atoms with Gasteiger partial charge in [-0.2, -0.15) is 0 Å². The van der Waals surface area contributed by atoms with E-state index in [0.717, 1.165) is 5.69 Å². The van der Waals surface area contributed by atoms with Crippen LogP contribution in [0.25, 0.3) is 0 Å². The molecule has 0 spiro atoms. The highest BCUT2D eigenvalue weighted by Crippen LogP contribution is 2.22. The Morgan fingerprint density at radius 2 is 2.27 bits per heavy atom. The first kappa shape index (κ1) is 6.34. The van der Waals surface area contributed by atoms with Gasteiger partial charge < -0.3 is 5.11 Å². The van der Waals surface area contributed by atoms with Crippen molar-refractivity contribution >= 4 is 5.78 Å². The number of Topliss-reactive ketones (excluding diaryl/α,β-unsaturated/α-hetero) is 1. The summed E-state index contributed by atoms with van der Waals surface area (Å²) in [5, 5.41) is 9.00. The molecule has 0 fully saturated rings. The molecule has 1 aliphatic carbocycles. The molecule has 3 heteroatoms. The lowest BCUT2D eigenvalue weighted by Gasteiger charge is -1.95. The van der Waals surface area contributed by atoms with Gasteiger partial charge in [-0.05, 0) is 12.5 Å². The number of ketones is 1. The Balaban J connectivity index is 2.60. The van der Waals surface area contributed by atoms with Gasteiger partial charge in [0.1, 0.15) is 5.75 Å². The fourth-order valence-electron chi connectivity index (χ4n) is 1.29. The number of fused-ring (bicyclic) bond motifs is 1. The quantitative estimate of drug-likeness (QED) is 0.596. The number of nitrogens with zero attached hydrogens (tertiary/aromatic N) is 1. The first-order valence-electron chi connectivity index (χ1n) is 3.48. The minimum absolute atomic E-state index is 0.0685. The highest BCUT2D eigenvalue weighted by atomic mass is 16.3. The molecule has 11 heavy (non-hydrogen) atoms. The molecule has 0 radical (unpaired) electrons. The summed E-state index contributed by atoms with van der Waals surface area (Å²) in [5.74, 6) is 0.155. The van der Waals surface area contributed by atoms with Gasteiger partial charge in [-0.15, -0.1) is 0 Å². The van der Waals surface area contributed by atoms with Gasteiger partial charge in [0.25, 0.3) is 0 Å². The van der Waals surface area contributed by atoms with Crippen molar-refractivity contribution in [3.63, 3.8) is 0 Å². The molecule has 0 atom stereocenters. The van der Waals surface area contributed by atoms with Gasteiger partial charge in [-0.1, -0.05) is 0 Å². The molecule has 1 aromatic rings. The lowest BCUT2D eigenvalue weighted by molar-refractivity contribution is 0.0994. The SMILES string of the molecule is O=C1CCc2ncc(O)cc21. The van der Waals surface area contributed by atoms with Crippen LogP contribution in [0, 0.1) is 0 Å². The fraction of sp³-hybridized carbons (Fsp3) is 0.250. The summed E-state index contributed by atoms with van der Waals surface area (Å²) in [7, 11) is 0. The van der Waals surface area contributed by atoms with Crippen LogP contribution in [0.4, 0.5) is 0 Å². The molecule has 0 amide bonds. The second-order valence-electron chi connectivity index (χ2n) is 2.61. The molecule has 0 bridgehead atoms. The van der Waals surface area contributed by atoms with Gasteiger partial charge in [0, 0.05) is 12.0 Å². The largest absolute Gasteiger partial charge is 0.506 e. The first-order chi connectivity index (χ1) is 5.27. The molecule has 0 saturated carbocycles. The van der Waals surface area contributed by atoms with Crippen molar-refractivity contribution in [3.8, 4) is 5.75 Å². The normalized spacial score (nSPS) is 15.1. The Morgan fingerprint density at radius 3 is 3.09 bits per heavy atom. The van der Waals surface area contributed by atoms with Crippen molar-refractivity contribution in [2.75, 3.05) is 0 Å². The second-order valence-corrected chi connectivity index (χ2v) is 2.61. The molecule has 1 N–H and O–H groups in total. The summed E-state index contributed by atoms with van der Waals surface area (Å²) in [6, 6.07) is 1.48. The molecule has 3 nitrogen and oxygen atoms in total. The number of hydrogen-bond donors (Lipinski definition) is 1. The third-order valence-electron chi connectivity index (χ3n) is 1.85. The van der Waals surface area contributed by atoms with Crippen molar-refractivity contribution in [2.24, 2.45) is 0 Å². The van der Waals surface area contributed by atoms with Gasteiger partial charge in [0.05, 0.1) is 11.9 Å². The molecule has 0 saturated heterocycles. The van der Waals surface area contributed by atoms with Gasteiger partial charge in [-0.3, -0.25) is 9.78 Å². The van der Waals surface area contributed by atoms with Crippen LogP contribution in [0.2, 0.25) is 0 Å². The van der Waals surface area contributed by atoms with Crippen molar-refractivity contribution in [2.45, 2.75) is 12.8 Å². The molecule has 1 aromatic heterocycles. The summed E-state index contributed by atoms with van der Waals surface area (Å²) in [4.78, 5) is 15.0. The van der Waals surface area contributed by atoms with E-state index in [4.69, 9.17) is 5.11 Å². The number of aryl methyl sites for hydroxylation is 1. The Morgan fingerprint density at radius 1 is 1.45 bits per heavy atom. The predicted octanol–water partition coefficient (Wildman–Crippen LogP) is 0.916. The maximum atomic E-state index is 11.1. The summed E-state index contributed by atoms with van der Waals surface area (Å²) in [5.41, 5.74) is 1.40. The monoisotopic (exact) mass is 149 g/mol. The lowest BCUT2D eigenvalue weighted by Crippen LogP contribution is -1.91. The van der Waals surface area contributed by atoms with Crippen molar-refractivity contribution in [3.05, 3.63) is 23.5 Å². The maximum Gasteiger partial charge on any atom is 0.165 e. The molecule has 0 unspecified atom stereocenters. The van der Waals surface area contributed by atoms with Crippen LogP contribution >= 0.6 is 0 Å². The molecule has 0 aliphatic heterocycles. The van der Waals surface area contributed by atoms with Crippen LogP contribution in [0.5, 0.6) is 5.75 Å². The number of carbonyl (C=O) groups is 1. The Labute approximate surface area is 63.7 Å².